The van der Waals surface area contributed by atoms with Crippen LogP contribution in [0.15, 0.2) is 39.6 Å². The fourth-order valence-electron chi connectivity index (χ4n) is 1.64. The van der Waals surface area contributed by atoms with Crippen LogP contribution in [0.2, 0.25) is 0 Å². The third kappa shape index (κ3) is 4.37. The summed E-state index contributed by atoms with van der Waals surface area (Å²) in [5.41, 5.74) is 3.01. The van der Waals surface area contributed by atoms with E-state index in [4.69, 9.17) is 0 Å². The number of aromatic nitrogens is 1. The number of benzene rings is 1. The molecule has 0 bridgehead atoms. The first-order chi connectivity index (χ1) is 10.1. The van der Waals surface area contributed by atoms with Gasteiger partial charge in [0, 0.05) is 9.85 Å². The fraction of sp³-hybridized carbons (Fsp3) is 0.214. The second kappa shape index (κ2) is 7.33. The Balaban J connectivity index is 1.88. The van der Waals surface area contributed by atoms with Gasteiger partial charge in [0.2, 0.25) is 5.91 Å². The van der Waals surface area contributed by atoms with Gasteiger partial charge in [0.1, 0.15) is 6.04 Å². The average Bonchev–Trinajstić information content (AvgIpc) is 2.98. The maximum atomic E-state index is 12.1. The third-order valence-corrected chi connectivity index (χ3v) is 4.11. The molecular weight excluding hydrogens is 354 g/mol. The molecule has 2 N–H and O–H groups in total. The van der Waals surface area contributed by atoms with Crippen molar-refractivity contribution in [3.8, 4) is 0 Å². The van der Waals surface area contributed by atoms with E-state index in [0.29, 0.717) is 16.6 Å². The van der Waals surface area contributed by atoms with Crippen molar-refractivity contribution in [2.75, 3.05) is 0 Å². The molecule has 0 aliphatic carbocycles. The van der Waals surface area contributed by atoms with E-state index >= 15 is 0 Å². The van der Waals surface area contributed by atoms with Gasteiger partial charge in [-0.3, -0.25) is 9.59 Å². The summed E-state index contributed by atoms with van der Waals surface area (Å²) < 4.78 is 0.692. The van der Waals surface area contributed by atoms with Crippen LogP contribution in [0.5, 0.6) is 0 Å². The molecule has 0 radical (unpaired) electrons. The van der Waals surface area contributed by atoms with Gasteiger partial charge in [0.25, 0.3) is 5.91 Å². The molecule has 1 heterocycles. The summed E-state index contributed by atoms with van der Waals surface area (Å²) in [7, 11) is 0. The van der Waals surface area contributed by atoms with Gasteiger partial charge in [0.05, 0.1) is 23.3 Å². The van der Waals surface area contributed by atoms with Crippen molar-refractivity contribution in [1.29, 1.82) is 0 Å². The molecule has 1 aromatic carbocycles. The Bertz CT molecular complexity index is 631. The van der Waals surface area contributed by atoms with E-state index in [-0.39, 0.29) is 11.8 Å². The van der Waals surface area contributed by atoms with Gasteiger partial charge in [-0.2, -0.15) is 0 Å². The number of carbonyl (C=O) groups is 2. The molecule has 7 heteroatoms. The second-order valence-electron chi connectivity index (χ2n) is 4.37. The lowest BCUT2D eigenvalue weighted by Gasteiger charge is -2.14. The van der Waals surface area contributed by atoms with E-state index in [1.54, 1.807) is 30.6 Å². The van der Waals surface area contributed by atoms with Gasteiger partial charge < -0.3 is 10.6 Å². The Hall–Kier alpha value is -1.73. The highest BCUT2D eigenvalue weighted by Crippen LogP contribution is 2.15. The molecule has 1 aromatic heterocycles. The number of nitrogens with one attached hydrogen (secondary N) is 2. The van der Waals surface area contributed by atoms with Gasteiger partial charge in [-0.1, -0.05) is 12.1 Å². The zero-order valence-corrected chi connectivity index (χ0v) is 13.7. The SMILES string of the molecule is C[C@@H](NC(=O)c1ccccc1Br)C(=O)NCc1cscn1. The Kier molecular flexibility index (Phi) is 5.46. The predicted octanol–water partition coefficient (Wildman–Crippen LogP) is 2.34. The summed E-state index contributed by atoms with van der Waals surface area (Å²) in [6, 6.07) is 6.45. The minimum Gasteiger partial charge on any atom is -0.349 e. The van der Waals surface area contributed by atoms with Gasteiger partial charge in [-0.25, -0.2) is 4.98 Å². The number of nitrogens with zero attached hydrogens (tertiary/aromatic N) is 1. The Morgan fingerprint density at radius 1 is 1.38 bits per heavy atom. The third-order valence-electron chi connectivity index (χ3n) is 2.79. The van der Waals surface area contributed by atoms with Crippen LogP contribution >= 0.6 is 27.3 Å². The normalized spacial score (nSPS) is 11.7. The van der Waals surface area contributed by atoms with E-state index in [1.165, 1.54) is 11.3 Å². The van der Waals surface area contributed by atoms with Crippen molar-refractivity contribution < 1.29 is 9.59 Å². The number of halogens is 1. The summed E-state index contributed by atoms with van der Waals surface area (Å²) in [6.45, 7) is 2.00. The molecular formula is C14H14BrN3O2S. The van der Waals surface area contributed by atoms with Gasteiger partial charge >= 0.3 is 0 Å². The van der Waals surface area contributed by atoms with E-state index < -0.39 is 6.04 Å². The summed E-state index contributed by atoms with van der Waals surface area (Å²) >= 11 is 4.78. The highest BCUT2D eigenvalue weighted by Gasteiger charge is 2.17. The van der Waals surface area contributed by atoms with Gasteiger partial charge in [-0.05, 0) is 35.0 Å². The number of thiazole rings is 1. The first-order valence-corrected chi connectivity index (χ1v) is 8.01. The zero-order chi connectivity index (χ0) is 15.2. The molecule has 0 spiro atoms. The molecule has 2 aromatic rings. The molecule has 110 valence electrons. The van der Waals surface area contributed by atoms with Crippen LogP contribution in [0.1, 0.15) is 23.0 Å². The van der Waals surface area contributed by atoms with E-state index in [2.05, 4.69) is 31.5 Å². The second-order valence-corrected chi connectivity index (χ2v) is 5.95. The number of amides is 2. The molecule has 5 nitrogen and oxygen atoms in total. The first kappa shape index (κ1) is 15.7. The van der Waals surface area contributed by atoms with Crippen molar-refractivity contribution in [3.05, 3.63) is 50.9 Å². The fourth-order valence-corrected chi connectivity index (χ4v) is 2.66. The minimum atomic E-state index is -0.622. The summed E-state index contributed by atoms with van der Waals surface area (Å²) in [6.07, 6.45) is 0. The standard InChI is InChI=1S/C14H14BrN3O2S/c1-9(13(19)16-6-10-7-21-8-17-10)18-14(20)11-4-2-3-5-12(11)15/h2-5,7-9H,6H2,1H3,(H,16,19)(H,18,20)/t9-/m1/s1. The van der Waals surface area contributed by atoms with Crippen LogP contribution in [0, 0.1) is 0 Å². The maximum absolute atomic E-state index is 12.1. The Morgan fingerprint density at radius 2 is 2.14 bits per heavy atom. The minimum absolute atomic E-state index is 0.247. The van der Waals surface area contributed by atoms with E-state index in [1.807, 2.05) is 11.4 Å². The predicted molar refractivity (Wildman–Crippen MR) is 85.0 cm³/mol. The largest absolute Gasteiger partial charge is 0.349 e. The highest BCUT2D eigenvalue weighted by atomic mass is 79.9. The average molecular weight is 368 g/mol. The van der Waals surface area contributed by atoms with Crippen molar-refractivity contribution in [1.82, 2.24) is 15.6 Å². The molecule has 0 aliphatic heterocycles. The van der Waals surface area contributed by atoms with Gasteiger partial charge in [0.15, 0.2) is 0 Å². The van der Waals surface area contributed by atoms with Crippen molar-refractivity contribution in [2.24, 2.45) is 0 Å². The monoisotopic (exact) mass is 367 g/mol. The molecule has 0 unspecified atom stereocenters. The molecule has 21 heavy (non-hydrogen) atoms. The van der Waals surface area contributed by atoms with Crippen LogP contribution in [0.3, 0.4) is 0 Å². The van der Waals surface area contributed by atoms with Crippen LogP contribution in [0.4, 0.5) is 0 Å². The van der Waals surface area contributed by atoms with Crippen LogP contribution in [-0.2, 0) is 11.3 Å². The number of hydrogen-bond donors (Lipinski definition) is 2. The summed E-state index contributed by atoms with van der Waals surface area (Å²) in [5, 5.41) is 7.27. The topological polar surface area (TPSA) is 71.1 Å². The highest BCUT2D eigenvalue weighted by molar-refractivity contribution is 9.10. The van der Waals surface area contributed by atoms with E-state index in [0.717, 1.165) is 5.69 Å². The van der Waals surface area contributed by atoms with Crippen molar-refractivity contribution in [2.45, 2.75) is 19.5 Å². The van der Waals surface area contributed by atoms with Crippen LogP contribution in [-0.4, -0.2) is 22.8 Å². The summed E-state index contributed by atoms with van der Waals surface area (Å²) in [4.78, 5) is 28.1. The molecule has 0 aliphatic rings. The number of carbonyl (C=O) groups excluding carboxylic acids is 2. The maximum Gasteiger partial charge on any atom is 0.253 e. The zero-order valence-electron chi connectivity index (χ0n) is 11.3. The smallest absolute Gasteiger partial charge is 0.253 e. The Morgan fingerprint density at radius 3 is 2.81 bits per heavy atom. The number of rotatable bonds is 5. The lowest BCUT2D eigenvalue weighted by molar-refractivity contribution is -0.122. The Labute approximate surface area is 134 Å². The van der Waals surface area contributed by atoms with Gasteiger partial charge in [-0.15, -0.1) is 11.3 Å². The van der Waals surface area contributed by atoms with Crippen LogP contribution < -0.4 is 10.6 Å². The molecule has 0 fully saturated rings. The molecule has 0 saturated carbocycles. The summed E-state index contributed by atoms with van der Waals surface area (Å²) in [5.74, 6) is -0.540. The lowest BCUT2D eigenvalue weighted by Crippen LogP contribution is -2.44. The van der Waals surface area contributed by atoms with E-state index in [9.17, 15) is 9.59 Å². The first-order valence-electron chi connectivity index (χ1n) is 6.28. The number of hydrogen-bond acceptors (Lipinski definition) is 4. The van der Waals surface area contributed by atoms with Crippen molar-refractivity contribution in [3.63, 3.8) is 0 Å². The molecule has 2 amide bonds. The van der Waals surface area contributed by atoms with Crippen LogP contribution in [0.25, 0.3) is 0 Å². The molecule has 2 rings (SSSR count). The molecule has 1 atom stereocenters. The van der Waals surface area contributed by atoms with Crippen molar-refractivity contribution >= 4 is 39.1 Å². The lowest BCUT2D eigenvalue weighted by atomic mass is 10.2. The quantitative estimate of drug-likeness (QED) is 0.851. The molecule has 0 saturated heterocycles.